The minimum atomic E-state index is -0.421. The number of aliphatic hydroxyl groups excluding tert-OH is 1. The van der Waals surface area contributed by atoms with E-state index < -0.39 is 6.10 Å². The Morgan fingerprint density at radius 1 is 1.47 bits per heavy atom. The van der Waals surface area contributed by atoms with Crippen molar-refractivity contribution in [2.45, 2.75) is 33.8 Å². The minimum absolute atomic E-state index is 0.192. The lowest BCUT2D eigenvalue weighted by molar-refractivity contribution is 0.138. The fraction of sp³-hybridized carbons (Fsp3) is 0.538. The molecule has 1 atom stereocenters. The summed E-state index contributed by atoms with van der Waals surface area (Å²) >= 11 is 0. The Morgan fingerprint density at radius 2 is 2.12 bits per heavy atom. The van der Waals surface area contributed by atoms with Crippen molar-refractivity contribution in [3.63, 3.8) is 0 Å². The van der Waals surface area contributed by atoms with Gasteiger partial charge in [-0.25, -0.2) is 0 Å². The number of anilines is 1. The maximum absolute atomic E-state index is 9.73. The van der Waals surface area contributed by atoms with Crippen LogP contribution in [-0.4, -0.2) is 22.7 Å². The molecular formula is C13H19N3O. The molecule has 0 amide bonds. The zero-order chi connectivity index (χ0) is 13.0. The molecule has 0 aromatic carbocycles. The van der Waals surface area contributed by atoms with Gasteiger partial charge in [-0.1, -0.05) is 13.8 Å². The van der Waals surface area contributed by atoms with Gasteiger partial charge in [-0.15, -0.1) is 0 Å². The van der Waals surface area contributed by atoms with Crippen LogP contribution in [0.5, 0.6) is 0 Å². The molecule has 0 aliphatic carbocycles. The summed E-state index contributed by atoms with van der Waals surface area (Å²) in [7, 11) is 0. The van der Waals surface area contributed by atoms with E-state index in [9.17, 15) is 5.11 Å². The van der Waals surface area contributed by atoms with E-state index in [0.717, 1.165) is 11.4 Å². The number of hydrogen-bond donors (Lipinski definition) is 2. The quantitative estimate of drug-likeness (QED) is 0.834. The first-order chi connectivity index (χ1) is 7.95. The Morgan fingerprint density at radius 3 is 2.65 bits per heavy atom. The van der Waals surface area contributed by atoms with Gasteiger partial charge in [-0.3, -0.25) is 4.98 Å². The van der Waals surface area contributed by atoms with E-state index in [1.54, 1.807) is 0 Å². The fourth-order valence-corrected chi connectivity index (χ4v) is 1.56. The van der Waals surface area contributed by atoms with Crippen LogP contribution in [0.25, 0.3) is 0 Å². The molecule has 0 fully saturated rings. The topological polar surface area (TPSA) is 68.9 Å². The molecule has 1 aromatic rings. The van der Waals surface area contributed by atoms with E-state index in [0.29, 0.717) is 17.8 Å². The standard InChI is InChI=1S/C13H19N3O/c1-8(2)13(17)7-15-12-5-9(3)16-10(4)11(12)6-14/h5,8,13,17H,7H2,1-4H3,(H,15,16). The summed E-state index contributed by atoms with van der Waals surface area (Å²) in [5, 5.41) is 21.9. The summed E-state index contributed by atoms with van der Waals surface area (Å²) in [6, 6.07) is 3.97. The highest BCUT2D eigenvalue weighted by molar-refractivity contribution is 5.59. The molecule has 4 nitrogen and oxygen atoms in total. The highest BCUT2D eigenvalue weighted by atomic mass is 16.3. The predicted molar refractivity (Wildman–Crippen MR) is 67.8 cm³/mol. The van der Waals surface area contributed by atoms with Crippen molar-refractivity contribution < 1.29 is 5.11 Å². The third kappa shape index (κ3) is 3.43. The van der Waals surface area contributed by atoms with Crippen LogP contribution in [0.15, 0.2) is 6.07 Å². The van der Waals surface area contributed by atoms with Crippen LogP contribution in [0.2, 0.25) is 0 Å². The molecule has 0 radical (unpaired) electrons. The van der Waals surface area contributed by atoms with Crippen molar-refractivity contribution in [2.75, 3.05) is 11.9 Å². The van der Waals surface area contributed by atoms with E-state index in [4.69, 9.17) is 5.26 Å². The van der Waals surface area contributed by atoms with Crippen LogP contribution in [0.1, 0.15) is 30.8 Å². The highest BCUT2D eigenvalue weighted by Crippen LogP contribution is 2.18. The Balaban J connectivity index is 2.88. The fourth-order valence-electron chi connectivity index (χ4n) is 1.56. The van der Waals surface area contributed by atoms with E-state index in [2.05, 4.69) is 16.4 Å². The summed E-state index contributed by atoms with van der Waals surface area (Å²) in [5.74, 6) is 0.192. The number of pyridine rings is 1. The van der Waals surface area contributed by atoms with E-state index in [1.807, 2.05) is 33.8 Å². The molecule has 0 saturated carbocycles. The van der Waals surface area contributed by atoms with Crippen molar-refractivity contribution >= 4 is 5.69 Å². The van der Waals surface area contributed by atoms with Crippen LogP contribution in [0, 0.1) is 31.1 Å². The lowest BCUT2D eigenvalue weighted by Crippen LogP contribution is -2.25. The average Bonchev–Trinajstić information content (AvgIpc) is 2.24. The maximum Gasteiger partial charge on any atom is 0.103 e. The summed E-state index contributed by atoms with van der Waals surface area (Å²) in [4.78, 5) is 4.24. The van der Waals surface area contributed by atoms with Crippen LogP contribution in [-0.2, 0) is 0 Å². The van der Waals surface area contributed by atoms with Gasteiger partial charge in [0.25, 0.3) is 0 Å². The van der Waals surface area contributed by atoms with Gasteiger partial charge >= 0.3 is 0 Å². The Bertz CT molecular complexity index is 435. The second-order valence-corrected chi connectivity index (χ2v) is 4.58. The van der Waals surface area contributed by atoms with Crippen molar-refractivity contribution in [3.05, 3.63) is 23.0 Å². The Labute approximate surface area is 102 Å². The Kier molecular flexibility index (Phi) is 4.47. The molecule has 4 heteroatoms. The SMILES string of the molecule is Cc1cc(NCC(O)C(C)C)c(C#N)c(C)n1. The number of nitriles is 1. The van der Waals surface area contributed by atoms with E-state index in [-0.39, 0.29) is 5.92 Å². The van der Waals surface area contributed by atoms with E-state index >= 15 is 0 Å². The molecule has 1 rings (SSSR count). The number of nitrogens with one attached hydrogen (secondary N) is 1. The number of nitrogens with zero attached hydrogens (tertiary/aromatic N) is 2. The first-order valence-electron chi connectivity index (χ1n) is 5.76. The summed E-state index contributed by atoms with van der Waals surface area (Å²) in [5.41, 5.74) is 2.88. The number of aromatic nitrogens is 1. The second kappa shape index (κ2) is 5.65. The third-order valence-corrected chi connectivity index (χ3v) is 2.71. The number of rotatable bonds is 4. The van der Waals surface area contributed by atoms with Crippen molar-refractivity contribution in [1.82, 2.24) is 4.98 Å². The zero-order valence-corrected chi connectivity index (χ0v) is 10.8. The van der Waals surface area contributed by atoms with Gasteiger partial charge in [0.1, 0.15) is 6.07 Å². The maximum atomic E-state index is 9.73. The first-order valence-corrected chi connectivity index (χ1v) is 5.76. The summed E-state index contributed by atoms with van der Waals surface area (Å²) < 4.78 is 0. The van der Waals surface area contributed by atoms with Crippen LogP contribution < -0.4 is 5.32 Å². The zero-order valence-electron chi connectivity index (χ0n) is 10.8. The molecule has 92 valence electrons. The molecule has 0 saturated heterocycles. The predicted octanol–water partition coefficient (Wildman–Crippen LogP) is 2.00. The Hall–Kier alpha value is -1.60. The lowest BCUT2D eigenvalue weighted by Gasteiger charge is -2.17. The van der Waals surface area contributed by atoms with Gasteiger partial charge in [0.2, 0.25) is 0 Å². The van der Waals surface area contributed by atoms with Crippen LogP contribution >= 0.6 is 0 Å². The van der Waals surface area contributed by atoms with E-state index in [1.165, 1.54) is 0 Å². The summed E-state index contributed by atoms with van der Waals surface area (Å²) in [6.07, 6.45) is -0.421. The molecule has 17 heavy (non-hydrogen) atoms. The van der Waals surface area contributed by atoms with Crippen LogP contribution in [0.4, 0.5) is 5.69 Å². The largest absolute Gasteiger partial charge is 0.391 e. The normalized spacial score (nSPS) is 12.3. The monoisotopic (exact) mass is 233 g/mol. The van der Waals surface area contributed by atoms with Crippen molar-refractivity contribution in [2.24, 2.45) is 5.92 Å². The summed E-state index contributed by atoms with van der Waals surface area (Å²) in [6.45, 7) is 8.06. The molecule has 0 bridgehead atoms. The molecule has 1 aromatic heterocycles. The van der Waals surface area contributed by atoms with Gasteiger partial charge in [0.05, 0.1) is 23.0 Å². The molecule has 2 N–H and O–H groups in total. The molecular weight excluding hydrogens is 214 g/mol. The van der Waals surface area contributed by atoms with Gasteiger partial charge in [0, 0.05) is 12.2 Å². The van der Waals surface area contributed by atoms with Crippen molar-refractivity contribution in [1.29, 1.82) is 5.26 Å². The van der Waals surface area contributed by atoms with Crippen LogP contribution in [0.3, 0.4) is 0 Å². The minimum Gasteiger partial charge on any atom is -0.391 e. The van der Waals surface area contributed by atoms with Crippen molar-refractivity contribution in [3.8, 4) is 6.07 Å². The average molecular weight is 233 g/mol. The highest BCUT2D eigenvalue weighted by Gasteiger charge is 2.12. The molecule has 1 unspecified atom stereocenters. The third-order valence-electron chi connectivity index (χ3n) is 2.71. The molecule has 0 aliphatic rings. The second-order valence-electron chi connectivity index (χ2n) is 4.58. The first kappa shape index (κ1) is 13.5. The van der Waals surface area contributed by atoms with Gasteiger partial charge < -0.3 is 10.4 Å². The van der Waals surface area contributed by atoms with Gasteiger partial charge in [-0.05, 0) is 25.8 Å². The smallest absolute Gasteiger partial charge is 0.103 e. The number of aliphatic hydroxyl groups is 1. The number of hydrogen-bond acceptors (Lipinski definition) is 4. The molecule has 0 spiro atoms. The van der Waals surface area contributed by atoms with Gasteiger partial charge in [0.15, 0.2) is 0 Å². The molecule has 1 heterocycles. The number of aryl methyl sites for hydroxylation is 2. The molecule has 0 aliphatic heterocycles. The lowest BCUT2D eigenvalue weighted by atomic mass is 10.1. The van der Waals surface area contributed by atoms with Gasteiger partial charge in [-0.2, -0.15) is 5.26 Å².